The van der Waals surface area contributed by atoms with Crippen LogP contribution in [0.25, 0.3) is 11.2 Å². The number of H-pyrrole nitrogens is 1. The van der Waals surface area contributed by atoms with Gasteiger partial charge in [-0.05, 0) is 50.5 Å². The molecule has 0 radical (unpaired) electrons. The van der Waals surface area contributed by atoms with Crippen LogP contribution in [0.15, 0.2) is 114 Å². The van der Waals surface area contributed by atoms with E-state index in [4.69, 9.17) is 24.3 Å². The van der Waals surface area contributed by atoms with Gasteiger partial charge in [-0.15, -0.1) is 0 Å². The van der Waals surface area contributed by atoms with Crippen molar-refractivity contribution >= 4 is 24.7 Å². The molecule has 2 aromatic heterocycles. The van der Waals surface area contributed by atoms with Crippen molar-refractivity contribution in [3.8, 4) is 0 Å². The van der Waals surface area contributed by atoms with Crippen molar-refractivity contribution in [3.05, 3.63) is 137 Å². The molecule has 11 nitrogen and oxygen atoms in total. The SMILES string of the molecule is CC(C)OP(=O)(OC(C)C)[C@H]1C=C[C@@H](n2cnc3c(=O)[nH]c(N)nc32)[C@@H](COC(c2ccccc2)(c2ccccc2)c2ccccc2)O1. The number of nitrogens with zero attached hydrogens (tertiary/aromatic N) is 3. The van der Waals surface area contributed by atoms with Gasteiger partial charge in [0.2, 0.25) is 5.95 Å². The summed E-state index contributed by atoms with van der Waals surface area (Å²) in [5.74, 6) is -1.08. The Morgan fingerprint density at radius 3 is 1.90 bits per heavy atom. The van der Waals surface area contributed by atoms with Crippen LogP contribution in [0.1, 0.15) is 50.4 Å². The Labute approximate surface area is 279 Å². The predicted molar refractivity (Wildman–Crippen MR) is 185 cm³/mol. The first-order chi connectivity index (χ1) is 23.1. The number of nitrogens with one attached hydrogen (secondary N) is 1. The third-order valence-electron chi connectivity index (χ3n) is 7.97. The number of aromatic nitrogens is 4. The average molecular weight is 670 g/mol. The number of anilines is 1. The number of nitrogens with two attached hydrogens (primary N) is 1. The monoisotopic (exact) mass is 669 g/mol. The summed E-state index contributed by atoms with van der Waals surface area (Å²) in [5.41, 5.74) is 7.56. The van der Waals surface area contributed by atoms with E-state index >= 15 is 0 Å². The van der Waals surface area contributed by atoms with Crippen LogP contribution < -0.4 is 11.3 Å². The second-order valence-corrected chi connectivity index (χ2v) is 14.2. The van der Waals surface area contributed by atoms with E-state index in [0.717, 1.165) is 16.7 Å². The highest BCUT2D eigenvalue weighted by Crippen LogP contribution is 2.58. The summed E-state index contributed by atoms with van der Waals surface area (Å²) in [6, 6.07) is 29.4. The van der Waals surface area contributed by atoms with E-state index in [1.807, 2.05) is 97.1 Å². The van der Waals surface area contributed by atoms with Crippen LogP contribution in [-0.4, -0.2) is 50.3 Å². The topological polar surface area (TPSA) is 144 Å². The molecule has 250 valence electrons. The quantitative estimate of drug-likeness (QED) is 0.0856. The summed E-state index contributed by atoms with van der Waals surface area (Å²) in [5, 5.41) is 0. The lowest BCUT2D eigenvalue weighted by molar-refractivity contribution is -0.0873. The van der Waals surface area contributed by atoms with Crippen LogP contribution in [0.3, 0.4) is 0 Å². The fraction of sp³-hybridized carbons (Fsp3) is 0.306. The number of hydrogen-bond acceptors (Lipinski definition) is 9. The zero-order valence-electron chi connectivity index (χ0n) is 27.3. The van der Waals surface area contributed by atoms with Crippen LogP contribution in [0.2, 0.25) is 0 Å². The van der Waals surface area contributed by atoms with E-state index in [9.17, 15) is 9.36 Å². The van der Waals surface area contributed by atoms with Gasteiger partial charge in [-0.1, -0.05) is 97.1 Å². The molecule has 3 N–H and O–H groups in total. The zero-order chi connectivity index (χ0) is 33.9. The molecule has 0 aliphatic carbocycles. The van der Waals surface area contributed by atoms with E-state index in [1.165, 1.54) is 6.33 Å². The number of nitrogen functional groups attached to an aromatic ring is 1. The molecule has 0 fully saturated rings. The molecule has 0 unspecified atom stereocenters. The van der Waals surface area contributed by atoms with Gasteiger partial charge in [-0.25, -0.2) is 4.98 Å². The first-order valence-corrected chi connectivity index (χ1v) is 17.5. The average Bonchev–Trinajstić information content (AvgIpc) is 3.50. The van der Waals surface area contributed by atoms with Crippen molar-refractivity contribution in [1.82, 2.24) is 19.5 Å². The lowest BCUT2D eigenvalue weighted by Gasteiger charge is -2.40. The molecule has 1 aliphatic heterocycles. The summed E-state index contributed by atoms with van der Waals surface area (Å²) in [4.78, 5) is 23.9. The van der Waals surface area contributed by atoms with Crippen LogP contribution in [0.5, 0.6) is 0 Å². The van der Waals surface area contributed by atoms with Gasteiger partial charge in [-0.3, -0.25) is 14.3 Å². The lowest BCUT2D eigenvalue weighted by atomic mass is 9.80. The van der Waals surface area contributed by atoms with Crippen molar-refractivity contribution in [2.24, 2.45) is 0 Å². The molecule has 3 atom stereocenters. The molecule has 0 saturated heterocycles. The van der Waals surface area contributed by atoms with Crippen molar-refractivity contribution in [2.75, 3.05) is 12.3 Å². The molecular weight excluding hydrogens is 629 g/mol. The molecule has 0 bridgehead atoms. The second-order valence-electron chi connectivity index (χ2n) is 12.2. The Kier molecular flexibility index (Phi) is 9.78. The number of aromatic amines is 1. The summed E-state index contributed by atoms with van der Waals surface area (Å²) >= 11 is 0. The predicted octanol–water partition coefficient (Wildman–Crippen LogP) is 6.58. The van der Waals surface area contributed by atoms with Gasteiger partial charge in [0, 0.05) is 0 Å². The molecule has 5 aromatic rings. The number of rotatable bonds is 12. The summed E-state index contributed by atoms with van der Waals surface area (Å²) in [6.07, 6.45) is 3.47. The Hall–Kier alpha value is -4.38. The maximum atomic E-state index is 14.3. The number of imidazole rings is 1. The van der Waals surface area contributed by atoms with Crippen molar-refractivity contribution in [2.45, 2.75) is 63.5 Å². The van der Waals surface area contributed by atoms with Crippen LogP contribution in [0.4, 0.5) is 5.95 Å². The van der Waals surface area contributed by atoms with Gasteiger partial charge in [0.1, 0.15) is 11.7 Å². The molecule has 12 heteroatoms. The molecule has 3 heterocycles. The van der Waals surface area contributed by atoms with Crippen molar-refractivity contribution in [1.29, 1.82) is 0 Å². The van der Waals surface area contributed by atoms with Gasteiger partial charge in [0.05, 0.1) is 31.2 Å². The minimum Gasteiger partial charge on any atom is -0.369 e. The first kappa shape index (κ1) is 33.5. The minimum absolute atomic E-state index is 0.00585. The van der Waals surface area contributed by atoms with Crippen molar-refractivity contribution in [3.63, 3.8) is 0 Å². The number of fused-ring (bicyclic) bond motifs is 1. The smallest absolute Gasteiger partial charge is 0.363 e. The second kappa shape index (κ2) is 14.0. The highest BCUT2D eigenvalue weighted by Gasteiger charge is 2.45. The minimum atomic E-state index is -3.83. The third-order valence-corrected chi connectivity index (χ3v) is 10.3. The maximum Gasteiger partial charge on any atom is 0.363 e. The number of hydrogen-bond donors (Lipinski definition) is 2. The Morgan fingerprint density at radius 2 is 1.40 bits per heavy atom. The van der Waals surface area contributed by atoms with Gasteiger partial charge < -0.3 is 28.8 Å². The molecule has 0 saturated carbocycles. The van der Waals surface area contributed by atoms with Crippen molar-refractivity contribution < 1.29 is 23.1 Å². The molecule has 48 heavy (non-hydrogen) atoms. The van der Waals surface area contributed by atoms with Gasteiger partial charge in [0.25, 0.3) is 5.56 Å². The van der Waals surface area contributed by atoms with E-state index in [1.54, 1.807) is 38.3 Å². The normalized spacial score (nSPS) is 18.6. The molecule has 3 aromatic carbocycles. The number of ether oxygens (including phenoxy) is 2. The molecule has 1 aliphatic rings. The summed E-state index contributed by atoms with van der Waals surface area (Å²) in [6.45, 7) is 7.19. The Morgan fingerprint density at radius 1 is 0.875 bits per heavy atom. The van der Waals surface area contributed by atoms with Crippen LogP contribution in [0, 0.1) is 0 Å². The summed E-state index contributed by atoms with van der Waals surface area (Å²) < 4.78 is 41.8. The zero-order valence-corrected chi connectivity index (χ0v) is 28.2. The van der Waals surface area contributed by atoms with E-state index < -0.39 is 49.0 Å². The molecular formula is C36H40N5O6P. The molecule has 6 rings (SSSR count). The van der Waals surface area contributed by atoms with Crippen LogP contribution in [-0.2, 0) is 28.7 Å². The Balaban J connectivity index is 1.48. The lowest BCUT2D eigenvalue weighted by Crippen LogP contribution is -2.41. The van der Waals surface area contributed by atoms with E-state index in [-0.39, 0.29) is 23.7 Å². The van der Waals surface area contributed by atoms with Gasteiger partial charge in [-0.2, -0.15) is 4.98 Å². The third kappa shape index (κ3) is 6.65. The fourth-order valence-corrected chi connectivity index (χ4v) is 8.18. The summed E-state index contributed by atoms with van der Waals surface area (Å²) in [7, 11) is -3.83. The number of benzene rings is 3. The van der Waals surface area contributed by atoms with E-state index in [2.05, 4.69) is 15.0 Å². The highest BCUT2D eigenvalue weighted by molar-refractivity contribution is 7.54. The van der Waals surface area contributed by atoms with E-state index in [0.29, 0.717) is 0 Å². The van der Waals surface area contributed by atoms with Gasteiger partial charge >= 0.3 is 7.60 Å². The fourth-order valence-electron chi connectivity index (χ4n) is 6.10. The molecule has 0 amide bonds. The maximum absolute atomic E-state index is 14.3. The Bertz CT molecular complexity index is 1850. The molecule has 0 spiro atoms. The standard InChI is InChI=1S/C36H40N5O6P/c1-24(2)46-48(43,47-25(3)4)31-21-20-29(41-23-38-32-33(41)39-35(37)40-34(32)42)30(45-31)22-44-36(26-14-8-5-9-15-26,27-16-10-6-11-17-27)28-18-12-7-13-19-28/h5-21,23-25,29-31H,22H2,1-4H3,(H3,37,39,40,42)/t29-,30-,31+/m1/s1. The highest BCUT2D eigenvalue weighted by atomic mass is 31.2. The first-order valence-electron chi connectivity index (χ1n) is 15.9. The van der Waals surface area contributed by atoms with Crippen LogP contribution >= 0.6 is 7.60 Å². The largest absolute Gasteiger partial charge is 0.369 e. The van der Waals surface area contributed by atoms with Gasteiger partial charge in [0.15, 0.2) is 17.0 Å².